The van der Waals surface area contributed by atoms with Gasteiger partial charge >= 0.3 is 124 Å². The summed E-state index contributed by atoms with van der Waals surface area (Å²) in [6, 6.07) is 14.9. The second kappa shape index (κ2) is 21.8. The number of hydrogen-bond acceptors (Lipinski definition) is 17. The fourth-order valence-electron chi connectivity index (χ4n) is 6.19. The Labute approximate surface area is 458 Å². The third-order valence-electron chi connectivity index (χ3n) is 8.64. The van der Waals surface area contributed by atoms with E-state index in [1.54, 1.807) is 0 Å². The number of nitrogens with zero attached hydrogens (tertiary/aromatic N) is 4. The van der Waals surface area contributed by atoms with Crippen molar-refractivity contribution in [3.05, 3.63) is 84.9 Å². The van der Waals surface area contributed by atoms with Crippen LogP contribution >= 0.6 is 0 Å². The van der Waals surface area contributed by atoms with E-state index in [0.717, 1.165) is 36.4 Å². The van der Waals surface area contributed by atoms with Crippen molar-refractivity contribution in [2.24, 2.45) is 20.7 Å². The smallest absolute Gasteiger partial charge is 1.00 e. The summed E-state index contributed by atoms with van der Waals surface area (Å²) in [5.41, 5.74) is 27.3. The average molecular weight is 997 g/mol. The van der Waals surface area contributed by atoms with E-state index in [-0.39, 0.29) is 190 Å². The molecule has 0 radical (unpaired) electrons. The van der Waals surface area contributed by atoms with Crippen LogP contribution in [0.15, 0.2) is 125 Å². The van der Waals surface area contributed by atoms with E-state index in [2.05, 4.69) is 20.7 Å². The first-order valence-electron chi connectivity index (χ1n) is 16.2. The predicted octanol–water partition coefficient (Wildman–Crippen LogP) is -6.89. The first kappa shape index (κ1) is 57.3. The van der Waals surface area contributed by atoms with Crippen molar-refractivity contribution in [3.8, 4) is 22.3 Å². The Morgan fingerprint density at radius 2 is 0.766 bits per heavy atom. The Hall–Kier alpha value is -2.85. The van der Waals surface area contributed by atoms with Crippen molar-refractivity contribution in [1.29, 1.82) is 0 Å². The molecule has 6 aromatic rings. The van der Waals surface area contributed by atoms with E-state index >= 15 is 0 Å². The number of hydrogen-bond donors (Lipinski definition) is 10. The number of urea groups is 1. The number of rotatable bonds is 10. The van der Waals surface area contributed by atoms with Crippen LogP contribution in [0.1, 0.15) is 5.71 Å². The molecule has 0 bridgehead atoms. The van der Waals surface area contributed by atoms with Crippen molar-refractivity contribution in [2.45, 2.75) is 19.6 Å². The van der Waals surface area contributed by atoms with Gasteiger partial charge in [0.2, 0.25) is 0 Å². The van der Waals surface area contributed by atoms with E-state index in [1.165, 1.54) is 48.5 Å². The average Bonchev–Trinajstić information content (AvgIpc) is 3.14. The molecule has 0 fully saturated rings. The van der Waals surface area contributed by atoms with Crippen molar-refractivity contribution < 1.29 is 181 Å². The monoisotopic (exact) mass is 996 g/mol. The summed E-state index contributed by atoms with van der Waals surface area (Å²) in [4.78, 5) is 9.70. The summed E-state index contributed by atoms with van der Waals surface area (Å²) in [5, 5.41) is 13.9. The second-order valence-corrected chi connectivity index (χ2v) is 18.0. The molecule has 2 amide bonds. The molecule has 64 heavy (non-hydrogen) atoms. The molecule has 31 heteroatoms. The SMILES string of the molecule is Nc1ccc2c(S(=O)(=O)O)ccc(N)c2c1-c1ccc(N=NNC(=O)NN=Nc2ccc(-c3c(N)ccc4c(S(=O)(=O)O)ccc(N)c34)cc2S(=O)(=O)O)c(S(=O)(=O)O)c1.[H-].[H-].[H-].[H-].[Na+].[Na+].[Na+].[Na+]. The van der Waals surface area contributed by atoms with Crippen LogP contribution in [0.3, 0.4) is 0 Å². The van der Waals surface area contributed by atoms with E-state index in [4.69, 9.17) is 22.9 Å². The summed E-state index contributed by atoms with van der Waals surface area (Å²) in [5.74, 6) is 0. The quantitative estimate of drug-likeness (QED) is 0.0200. The van der Waals surface area contributed by atoms with Gasteiger partial charge in [0, 0.05) is 55.4 Å². The van der Waals surface area contributed by atoms with Crippen molar-refractivity contribution in [1.82, 2.24) is 10.9 Å². The molecule has 0 saturated carbocycles. The van der Waals surface area contributed by atoms with Gasteiger partial charge in [-0.25, -0.2) is 15.6 Å². The van der Waals surface area contributed by atoms with Gasteiger partial charge in [0.1, 0.15) is 31.0 Å². The van der Waals surface area contributed by atoms with Crippen LogP contribution < -0.4 is 152 Å². The summed E-state index contributed by atoms with van der Waals surface area (Å²) in [6.07, 6.45) is 0. The minimum atomic E-state index is -5.07. The van der Waals surface area contributed by atoms with E-state index in [1.807, 2.05) is 10.9 Å². The normalized spacial score (nSPS) is 11.9. The molecule has 23 nitrogen and oxygen atoms in total. The predicted molar refractivity (Wildman–Crippen MR) is 221 cm³/mol. The van der Waals surface area contributed by atoms with Gasteiger partial charge in [0.25, 0.3) is 40.5 Å². The molecule has 0 unspecified atom stereocenters. The number of amides is 2. The largest absolute Gasteiger partial charge is 1.00 e. The number of carbonyl (C=O) groups excluding carboxylic acids is 1. The molecule has 6 rings (SSSR count). The standard InChI is InChI=1S/C33H28N10O13S4.4Na.4H/c34-19-5-3-17-25(57(45,46)47)11-7-21(36)31(17)29(19)15-1-9-23(27(13-15)59(51,52)53)38-42-40-33(44)41-43-39-24-10-2-16(14-28(24)60(54,55)56)30-20(35)6-4-18-26(58(48,49)50)12-8-22(37)32(18)30;;;;;;;;/h1-14H,34-37H2,(H,45,46,47)(H,48,49,50)(H,51,52,53)(H,54,55,56)(H2,38,39,40,41,44);;;;;;;;/q;4*+1;4*-1. The molecule has 0 heterocycles. The van der Waals surface area contributed by atoms with Gasteiger partial charge in [-0.2, -0.15) is 33.7 Å². The first-order chi connectivity index (χ1) is 27.9. The molecule has 320 valence electrons. The molecule has 0 aliphatic carbocycles. The molecule has 0 aliphatic heterocycles. The van der Waals surface area contributed by atoms with Gasteiger partial charge in [-0.3, -0.25) is 18.2 Å². The molecule has 6 aromatic carbocycles. The zero-order chi connectivity index (χ0) is 44.1. The summed E-state index contributed by atoms with van der Waals surface area (Å²) in [6.45, 7) is 0. The molecule has 0 aliphatic rings. The van der Waals surface area contributed by atoms with Gasteiger partial charge in [-0.15, -0.1) is 10.2 Å². The topological polar surface area (TPSA) is 412 Å². The maximum atomic E-state index is 12.4. The van der Waals surface area contributed by atoms with E-state index in [9.17, 15) is 56.7 Å². The van der Waals surface area contributed by atoms with E-state index < -0.39 is 77.5 Å². The summed E-state index contributed by atoms with van der Waals surface area (Å²) < 4.78 is 137. The van der Waals surface area contributed by atoms with Crippen molar-refractivity contribution in [3.63, 3.8) is 0 Å². The third kappa shape index (κ3) is 12.4. The fourth-order valence-corrected chi connectivity index (χ4v) is 8.86. The Bertz CT molecular complexity index is 3170. The molecule has 0 atom stereocenters. The van der Waals surface area contributed by atoms with Crippen LogP contribution in [0.2, 0.25) is 0 Å². The Morgan fingerprint density at radius 1 is 0.453 bits per heavy atom. The third-order valence-corrected chi connectivity index (χ3v) is 12.2. The van der Waals surface area contributed by atoms with Crippen molar-refractivity contribution in [2.75, 3.05) is 22.9 Å². The number of nitrogens with two attached hydrogens (primary N) is 4. The number of carbonyl (C=O) groups is 1. The number of anilines is 4. The van der Waals surface area contributed by atoms with Crippen LogP contribution in [0.4, 0.5) is 38.9 Å². The van der Waals surface area contributed by atoms with Gasteiger partial charge in [0.15, 0.2) is 0 Å². The molecular formula is C33H32N10Na4O13S4. The first-order valence-corrected chi connectivity index (χ1v) is 21.9. The minimum absolute atomic E-state index is 0. The van der Waals surface area contributed by atoms with Crippen molar-refractivity contribution >= 4 is 102 Å². The number of nitrogens with one attached hydrogen (secondary N) is 2. The summed E-state index contributed by atoms with van der Waals surface area (Å²) in [7, 11) is -19.6. The molecule has 0 aromatic heterocycles. The Balaban J connectivity index is -0.00000528. The maximum absolute atomic E-state index is 12.4. The maximum Gasteiger partial charge on any atom is 1.00 e. The Kier molecular flexibility index (Phi) is 19.6. The number of nitrogen functional groups attached to an aromatic ring is 4. The van der Waals surface area contributed by atoms with Gasteiger partial charge in [-0.05, 0) is 71.8 Å². The second-order valence-electron chi connectivity index (χ2n) is 12.4. The van der Waals surface area contributed by atoms with Crippen LogP contribution in [0.5, 0.6) is 0 Å². The zero-order valence-corrected chi connectivity index (χ0v) is 45.0. The van der Waals surface area contributed by atoms with Crippen LogP contribution in [0.25, 0.3) is 43.8 Å². The molecule has 0 spiro atoms. The van der Waals surface area contributed by atoms with Crippen LogP contribution in [-0.2, 0) is 40.5 Å². The molecular weight excluding hydrogens is 965 g/mol. The van der Waals surface area contributed by atoms with Crippen LogP contribution in [-0.4, -0.2) is 57.9 Å². The van der Waals surface area contributed by atoms with E-state index in [0.29, 0.717) is 0 Å². The minimum Gasteiger partial charge on any atom is -1.00 e. The fraction of sp³-hybridized carbons (Fsp3) is 0. The molecule has 0 saturated heterocycles. The number of fused-ring (bicyclic) bond motifs is 2. The molecule has 14 N–H and O–H groups in total. The van der Waals surface area contributed by atoms with Crippen LogP contribution in [0, 0.1) is 0 Å². The zero-order valence-electron chi connectivity index (χ0n) is 37.8. The summed E-state index contributed by atoms with van der Waals surface area (Å²) >= 11 is 0. The number of benzene rings is 6. The van der Waals surface area contributed by atoms with Gasteiger partial charge < -0.3 is 28.6 Å². The Morgan fingerprint density at radius 3 is 1.08 bits per heavy atom. The van der Waals surface area contributed by atoms with Gasteiger partial charge in [0.05, 0.1) is 0 Å². The van der Waals surface area contributed by atoms with Gasteiger partial charge in [-0.1, -0.05) is 34.7 Å².